The molecule has 1 spiro atoms. The fraction of sp³-hybridized carbons (Fsp3) is 0.370. The molecular formula is C27H31N9OS. The van der Waals surface area contributed by atoms with Crippen molar-refractivity contribution in [3.05, 3.63) is 72.2 Å². The molecule has 0 radical (unpaired) electrons. The average molecular weight is 530 g/mol. The Morgan fingerprint density at radius 3 is 2.63 bits per heavy atom. The number of amides is 1. The Bertz CT molecular complexity index is 1470. The van der Waals surface area contributed by atoms with E-state index in [0.29, 0.717) is 5.56 Å². The number of carbonyl (C=O) groups excluding carboxylic acids is 1. The van der Waals surface area contributed by atoms with Crippen LogP contribution >= 0.6 is 11.8 Å². The minimum absolute atomic E-state index is 0.0378. The molecule has 1 saturated heterocycles. The van der Waals surface area contributed by atoms with Crippen molar-refractivity contribution in [3.8, 4) is 5.82 Å². The second-order valence-electron chi connectivity index (χ2n) is 10.3. The molecule has 0 bridgehead atoms. The van der Waals surface area contributed by atoms with Crippen LogP contribution in [0.15, 0.2) is 65.3 Å². The van der Waals surface area contributed by atoms with E-state index in [2.05, 4.69) is 19.7 Å². The molecule has 4 aromatic heterocycles. The molecule has 0 unspecified atom stereocenters. The van der Waals surface area contributed by atoms with Gasteiger partial charge in [-0.05, 0) is 38.0 Å². The monoisotopic (exact) mass is 529 g/mol. The van der Waals surface area contributed by atoms with Crippen molar-refractivity contribution in [1.82, 2.24) is 34.2 Å². The highest BCUT2D eigenvalue weighted by atomic mass is 32.2. The summed E-state index contributed by atoms with van der Waals surface area (Å²) in [5.74, 6) is 1.64. The third-order valence-electron chi connectivity index (χ3n) is 7.82. The maximum atomic E-state index is 12.3. The van der Waals surface area contributed by atoms with Gasteiger partial charge < -0.3 is 20.1 Å². The van der Waals surface area contributed by atoms with Crippen LogP contribution in [0.25, 0.3) is 5.82 Å². The molecule has 0 saturated carbocycles. The van der Waals surface area contributed by atoms with Gasteiger partial charge in [0.25, 0.3) is 5.91 Å². The van der Waals surface area contributed by atoms with Crippen LogP contribution in [0.3, 0.4) is 0 Å². The molecule has 1 amide bonds. The number of anilines is 1. The fourth-order valence-electron chi connectivity index (χ4n) is 5.53. The summed E-state index contributed by atoms with van der Waals surface area (Å²) in [4.78, 5) is 31.2. The number of hydrogen-bond donors (Lipinski definition) is 1. The molecule has 6 heterocycles. The summed E-state index contributed by atoms with van der Waals surface area (Å²) in [5.41, 5.74) is 9.50. The predicted octanol–water partition coefficient (Wildman–Crippen LogP) is 3.32. The van der Waals surface area contributed by atoms with Gasteiger partial charge in [-0.3, -0.25) is 9.48 Å². The number of aromatic nitrogens is 6. The smallest absolute Gasteiger partial charge is 0.254 e. The van der Waals surface area contributed by atoms with E-state index in [9.17, 15) is 4.79 Å². The van der Waals surface area contributed by atoms with Crippen LogP contribution in [-0.4, -0.2) is 67.3 Å². The van der Waals surface area contributed by atoms with Crippen molar-refractivity contribution in [2.24, 2.45) is 11.1 Å². The molecule has 2 aliphatic rings. The van der Waals surface area contributed by atoms with Gasteiger partial charge in [0.05, 0.1) is 29.7 Å². The zero-order chi connectivity index (χ0) is 26.4. The zero-order valence-electron chi connectivity index (χ0n) is 21.8. The molecule has 1 fully saturated rings. The molecule has 1 atom stereocenters. The number of piperidine rings is 1. The first-order valence-electron chi connectivity index (χ1n) is 12.7. The minimum Gasteiger partial charge on any atom is -0.355 e. The lowest BCUT2D eigenvalue weighted by Crippen LogP contribution is -2.45. The van der Waals surface area contributed by atoms with E-state index in [1.165, 1.54) is 0 Å². The predicted molar refractivity (Wildman–Crippen MR) is 146 cm³/mol. The number of rotatable bonds is 5. The summed E-state index contributed by atoms with van der Waals surface area (Å²) in [6.07, 6.45) is 13.0. The standard InChI is InChI=1S/C27H31N9OS/c1-18-21(5-9-29-25(18)35-11-6-19(16-35)26(37)33(2)3)38-23-15-30-22(14-31-23)34-12-7-27(8-13-34)17-36-20(24(27)28)4-10-32-36/h4-6,9-11,14-16,24H,7-8,12-13,17,28H2,1-3H3/t24-/m1/s1. The first-order chi connectivity index (χ1) is 18.3. The van der Waals surface area contributed by atoms with E-state index in [4.69, 9.17) is 15.7 Å². The van der Waals surface area contributed by atoms with Gasteiger partial charge >= 0.3 is 0 Å². The van der Waals surface area contributed by atoms with Crippen LogP contribution in [0.1, 0.15) is 40.5 Å². The van der Waals surface area contributed by atoms with E-state index in [1.807, 2.05) is 60.7 Å². The third kappa shape index (κ3) is 4.25. The quantitative estimate of drug-likeness (QED) is 0.419. The summed E-state index contributed by atoms with van der Waals surface area (Å²) < 4.78 is 3.95. The zero-order valence-corrected chi connectivity index (χ0v) is 22.6. The summed E-state index contributed by atoms with van der Waals surface area (Å²) >= 11 is 1.56. The Morgan fingerprint density at radius 1 is 1.11 bits per heavy atom. The summed E-state index contributed by atoms with van der Waals surface area (Å²) in [5, 5.41) is 5.26. The Hall–Kier alpha value is -3.70. The van der Waals surface area contributed by atoms with Gasteiger partial charge in [-0.1, -0.05) is 11.8 Å². The molecule has 2 aliphatic heterocycles. The number of hydrogen-bond acceptors (Lipinski definition) is 8. The van der Waals surface area contributed by atoms with Gasteiger partial charge in [-0.15, -0.1) is 0 Å². The van der Waals surface area contributed by atoms with Gasteiger partial charge in [0.2, 0.25) is 0 Å². The molecule has 196 valence electrons. The van der Waals surface area contributed by atoms with Crippen molar-refractivity contribution >= 4 is 23.5 Å². The highest BCUT2D eigenvalue weighted by Crippen LogP contribution is 2.47. The Balaban J connectivity index is 1.12. The van der Waals surface area contributed by atoms with Crippen LogP contribution in [0.5, 0.6) is 0 Å². The largest absolute Gasteiger partial charge is 0.355 e. The molecule has 0 aliphatic carbocycles. The van der Waals surface area contributed by atoms with E-state index < -0.39 is 0 Å². The third-order valence-corrected chi connectivity index (χ3v) is 8.91. The van der Waals surface area contributed by atoms with Gasteiger partial charge in [0.1, 0.15) is 16.7 Å². The topological polar surface area (TPSA) is 111 Å². The number of pyridine rings is 1. The number of nitrogens with two attached hydrogens (primary N) is 1. The summed E-state index contributed by atoms with van der Waals surface area (Å²) in [6, 6.07) is 5.87. The highest BCUT2D eigenvalue weighted by molar-refractivity contribution is 7.99. The molecule has 10 nitrogen and oxygen atoms in total. The molecule has 4 aromatic rings. The average Bonchev–Trinajstić information content (AvgIpc) is 3.64. The summed E-state index contributed by atoms with van der Waals surface area (Å²) in [6.45, 7) is 4.74. The van der Waals surface area contributed by atoms with Gasteiger partial charge in [-0.25, -0.2) is 15.0 Å². The van der Waals surface area contributed by atoms with Crippen molar-refractivity contribution in [3.63, 3.8) is 0 Å². The molecule has 0 aromatic carbocycles. The first kappa shape index (κ1) is 24.6. The van der Waals surface area contributed by atoms with E-state index in [1.54, 1.807) is 37.0 Å². The maximum absolute atomic E-state index is 12.3. The normalized spacial score (nSPS) is 18.1. The van der Waals surface area contributed by atoms with Crippen molar-refractivity contribution in [2.75, 3.05) is 32.1 Å². The first-order valence-corrected chi connectivity index (χ1v) is 13.5. The lowest BCUT2D eigenvalue weighted by molar-refractivity contribution is 0.0827. The van der Waals surface area contributed by atoms with Gasteiger partial charge in [0, 0.05) is 74.4 Å². The maximum Gasteiger partial charge on any atom is 0.254 e. The van der Waals surface area contributed by atoms with Crippen molar-refractivity contribution < 1.29 is 4.79 Å². The van der Waals surface area contributed by atoms with Crippen LogP contribution in [0.4, 0.5) is 5.82 Å². The van der Waals surface area contributed by atoms with Crippen LogP contribution in [-0.2, 0) is 6.54 Å². The van der Waals surface area contributed by atoms with Gasteiger partial charge in [0.15, 0.2) is 0 Å². The SMILES string of the molecule is Cc1c(Sc2cnc(N3CCC4(CC3)Cn3nccc3[C@H]4N)cn2)ccnc1-n1ccc(C(=O)N(C)C)c1. The Kier molecular flexibility index (Phi) is 6.19. The number of carbonyl (C=O) groups is 1. The van der Waals surface area contributed by atoms with E-state index >= 15 is 0 Å². The lowest BCUT2D eigenvalue weighted by Gasteiger charge is -2.41. The number of fused-ring (bicyclic) bond motifs is 1. The van der Waals surface area contributed by atoms with Gasteiger partial charge in [-0.2, -0.15) is 5.10 Å². The van der Waals surface area contributed by atoms with Crippen molar-refractivity contribution in [2.45, 2.75) is 42.3 Å². The Morgan fingerprint density at radius 2 is 1.92 bits per heavy atom. The van der Waals surface area contributed by atoms with Crippen LogP contribution in [0.2, 0.25) is 0 Å². The van der Waals surface area contributed by atoms with Crippen LogP contribution < -0.4 is 10.6 Å². The second kappa shape index (κ2) is 9.55. The molecule has 11 heteroatoms. The highest BCUT2D eigenvalue weighted by Gasteiger charge is 2.47. The fourth-order valence-corrected chi connectivity index (χ4v) is 6.34. The molecule has 38 heavy (non-hydrogen) atoms. The van der Waals surface area contributed by atoms with E-state index in [-0.39, 0.29) is 17.4 Å². The Labute approximate surface area is 225 Å². The minimum atomic E-state index is -0.0378. The van der Waals surface area contributed by atoms with Crippen molar-refractivity contribution in [1.29, 1.82) is 0 Å². The summed E-state index contributed by atoms with van der Waals surface area (Å²) in [7, 11) is 3.49. The van der Waals surface area contributed by atoms with E-state index in [0.717, 1.165) is 65.3 Å². The number of nitrogens with zero attached hydrogens (tertiary/aromatic N) is 8. The molecule has 6 rings (SSSR count). The van der Waals surface area contributed by atoms with Crippen LogP contribution in [0, 0.1) is 12.3 Å². The lowest BCUT2D eigenvalue weighted by atomic mass is 9.73. The molecular weight excluding hydrogens is 498 g/mol. The molecule has 2 N–H and O–H groups in total. The second-order valence-corrected chi connectivity index (χ2v) is 11.4.